The standard InChI is InChI=1S/C36H41F2N4O8PS/c1-3-49-51(46,39-27(36(45)47-2)19-22-9-5-4-6-10-22)50-34-28(43)15-16-41-33(34)35(44)40-17-18-48-20-30(40)42(41)32-23-13-14-26(37)31(38)25(23)21-52-29-12-8-7-11-24(29)32/h7-8,11-16,22,27,30,32H,3-6,9-10,17-21H2,1-2H3,(H,39,46)/t27-,30+,32-,51?/m0/s1. The molecule has 3 aliphatic heterocycles. The van der Waals surface area contributed by atoms with Gasteiger partial charge in [0.1, 0.15) is 12.2 Å². The van der Waals surface area contributed by atoms with E-state index in [-0.39, 0.29) is 49.3 Å². The Morgan fingerprint density at radius 2 is 1.88 bits per heavy atom. The van der Waals surface area contributed by atoms with Crippen molar-refractivity contribution in [2.75, 3.05) is 38.5 Å². The zero-order chi connectivity index (χ0) is 36.6. The van der Waals surface area contributed by atoms with Gasteiger partial charge in [-0.15, -0.1) is 11.8 Å². The predicted molar refractivity (Wildman–Crippen MR) is 189 cm³/mol. The fraction of sp³-hybridized carbons (Fsp3) is 0.472. The Labute approximate surface area is 304 Å². The van der Waals surface area contributed by atoms with Gasteiger partial charge in [0.2, 0.25) is 11.2 Å². The lowest BCUT2D eigenvalue weighted by Gasteiger charge is -2.51. The van der Waals surface area contributed by atoms with Gasteiger partial charge in [0.25, 0.3) is 5.91 Å². The fourth-order valence-electron chi connectivity index (χ4n) is 7.73. The lowest BCUT2D eigenvalue weighted by molar-refractivity contribution is -0.143. The molecule has 1 aromatic heterocycles. The molecule has 2 fully saturated rings. The predicted octanol–water partition coefficient (Wildman–Crippen LogP) is 5.90. The Kier molecular flexibility index (Phi) is 10.8. The van der Waals surface area contributed by atoms with Crippen LogP contribution in [0.5, 0.6) is 5.75 Å². The van der Waals surface area contributed by atoms with Gasteiger partial charge in [0.05, 0.1) is 33.0 Å². The summed E-state index contributed by atoms with van der Waals surface area (Å²) in [6, 6.07) is 9.41. The van der Waals surface area contributed by atoms with Gasteiger partial charge in [0.15, 0.2) is 17.3 Å². The van der Waals surface area contributed by atoms with Gasteiger partial charge in [-0.25, -0.2) is 13.3 Å². The van der Waals surface area contributed by atoms with Crippen LogP contribution >= 0.6 is 19.5 Å². The van der Waals surface area contributed by atoms with Crippen LogP contribution in [-0.2, 0) is 29.1 Å². The second-order valence-electron chi connectivity index (χ2n) is 13.2. The number of esters is 1. The van der Waals surface area contributed by atoms with E-state index < -0.39 is 60.7 Å². The Bertz CT molecular complexity index is 1960. The minimum atomic E-state index is -4.52. The van der Waals surface area contributed by atoms with Crippen molar-refractivity contribution in [1.29, 1.82) is 0 Å². The fourth-order valence-corrected chi connectivity index (χ4v) is 10.4. The number of ether oxygens (including phenoxy) is 2. The van der Waals surface area contributed by atoms with Gasteiger partial charge >= 0.3 is 13.7 Å². The highest BCUT2D eigenvalue weighted by atomic mass is 32.2. The number of pyridine rings is 1. The molecule has 1 unspecified atom stereocenters. The average Bonchev–Trinajstić information content (AvgIpc) is 3.31. The van der Waals surface area contributed by atoms with E-state index in [1.54, 1.807) is 11.9 Å². The maximum Gasteiger partial charge on any atom is 0.459 e. The van der Waals surface area contributed by atoms with Crippen molar-refractivity contribution < 1.29 is 41.5 Å². The third-order valence-corrected chi connectivity index (χ3v) is 12.9. The molecular formula is C36H41F2N4O8PS. The van der Waals surface area contributed by atoms with Crippen LogP contribution < -0.4 is 20.0 Å². The largest absolute Gasteiger partial charge is 0.468 e. The van der Waals surface area contributed by atoms with Gasteiger partial charge in [-0.05, 0) is 42.5 Å². The van der Waals surface area contributed by atoms with Gasteiger partial charge < -0.3 is 18.9 Å². The molecule has 16 heteroatoms. The summed E-state index contributed by atoms with van der Waals surface area (Å²) in [6.07, 6.45) is 5.91. The number of aromatic nitrogens is 1. The molecule has 1 saturated carbocycles. The highest BCUT2D eigenvalue weighted by Gasteiger charge is 2.47. The number of rotatable bonds is 10. The van der Waals surface area contributed by atoms with Crippen molar-refractivity contribution >= 4 is 31.4 Å². The molecule has 7 rings (SSSR count). The van der Waals surface area contributed by atoms with Crippen molar-refractivity contribution in [3.8, 4) is 5.75 Å². The maximum absolute atomic E-state index is 15.6. The van der Waals surface area contributed by atoms with Crippen molar-refractivity contribution in [3.05, 3.63) is 92.9 Å². The van der Waals surface area contributed by atoms with Crippen molar-refractivity contribution in [1.82, 2.24) is 14.7 Å². The molecule has 0 spiro atoms. The molecule has 0 radical (unpaired) electrons. The third-order valence-electron chi connectivity index (χ3n) is 10.1. The molecule has 4 atom stereocenters. The van der Waals surface area contributed by atoms with Crippen LogP contribution in [0, 0.1) is 17.6 Å². The first-order chi connectivity index (χ1) is 25.1. The van der Waals surface area contributed by atoms with Crippen molar-refractivity contribution in [2.45, 2.75) is 74.3 Å². The summed E-state index contributed by atoms with van der Waals surface area (Å²) in [5.74, 6) is -3.41. The number of carbonyl (C=O) groups is 2. The van der Waals surface area contributed by atoms with Gasteiger partial charge in [-0.1, -0.05) is 56.4 Å². The molecule has 4 heterocycles. The summed E-state index contributed by atoms with van der Waals surface area (Å²) in [5.41, 5.74) is 0.401. The van der Waals surface area contributed by atoms with Crippen LogP contribution in [0.1, 0.15) is 78.7 Å². The van der Waals surface area contributed by atoms with Crippen LogP contribution in [-0.4, -0.2) is 67.1 Å². The molecule has 4 aliphatic rings. The molecule has 1 N–H and O–H groups in total. The molecule has 12 nitrogen and oxygen atoms in total. The Morgan fingerprint density at radius 3 is 2.65 bits per heavy atom. The highest BCUT2D eigenvalue weighted by Crippen LogP contribution is 2.48. The van der Waals surface area contributed by atoms with Gasteiger partial charge in [-0.2, -0.15) is 5.09 Å². The normalized spacial score (nSPS) is 21.9. The van der Waals surface area contributed by atoms with E-state index in [2.05, 4.69) is 5.09 Å². The third kappa shape index (κ3) is 6.89. The molecule has 1 aliphatic carbocycles. The topological polar surface area (TPSA) is 129 Å². The number of nitrogens with zero attached hydrogens (tertiary/aromatic N) is 3. The first kappa shape index (κ1) is 36.6. The van der Waals surface area contributed by atoms with Crippen LogP contribution in [0.25, 0.3) is 0 Å². The first-order valence-electron chi connectivity index (χ1n) is 17.5. The SMILES string of the molecule is CCOP(=O)(N[C@@H](CC1CCCCC1)C(=O)OC)Oc1c2n(ccc1=O)N([C@@H]1c3ccccc3SCc3c1ccc(F)c3F)[C@@H]1COCCN1C2=O. The van der Waals surface area contributed by atoms with Gasteiger partial charge in [-0.3, -0.25) is 28.6 Å². The van der Waals surface area contributed by atoms with Crippen molar-refractivity contribution in [2.24, 2.45) is 5.92 Å². The van der Waals surface area contributed by atoms with Crippen LogP contribution in [0.4, 0.5) is 8.78 Å². The second kappa shape index (κ2) is 15.3. The Morgan fingerprint density at radius 1 is 1.10 bits per heavy atom. The van der Waals surface area contributed by atoms with E-state index in [1.807, 2.05) is 24.3 Å². The smallest absolute Gasteiger partial charge is 0.459 e. The number of fused-ring (bicyclic) bond motifs is 4. The number of halogens is 2. The molecule has 1 amide bonds. The number of thioether (sulfide) groups is 1. The molecule has 2 aromatic carbocycles. The molecule has 278 valence electrons. The van der Waals surface area contributed by atoms with Crippen LogP contribution in [0.3, 0.4) is 0 Å². The quantitative estimate of drug-likeness (QED) is 0.196. The Balaban J connectivity index is 1.36. The number of nitrogens with one attached hydrogen (secondary N) is 1. The number of benzene rings is 2. The van der Waals surface area contributed by atoms with E-state index in [0.717, 1.165) is 48.6 Å². The average molecular weight is 759 g/mol. The van der Waals surface area contributed by atoms with E-state index in [4.69, 9.17) is 18.5 Å². The summed E-state index contributed by atoms with van der Waals surface area (Å²) < 4.78 is 68.9. The number of carbonyl (C=O) groups excluding carboxylic acids is 2. The first-order valence-corrected chi connectivity index (χ1v) is 20.1. The minimum Gasteiger partial charge on any atom is -0.468 e. The number of hydrogen-bond donors (Lipinski definition) is 1. The number of methoxy groups -OCH3 is 1. The van der Waals surface area contributed by atoms with E-state index in [9.17, 15) is 23.3 Å². The van der Waals surface area contributed by atoms with E-state index in [1.165, 1.54) is 46.8 Å². The monoisotopic (exact) mass is 758 g/mol. The van der Waals surface area contributed by atoms with Crippen molar-refractivity contribution in [3.63, 3.8) is 0 Å². The lowest BCUT2D eigenvalue weighted by atomic mass is 9.85. The zero-order valence-corrected chi connectivity index (χ0v) is 30.6. The Hall–Kier alpha value is -3.75. The minimum absolute atomic E-state index is 0.0687. The summed E-state index contributed by atoms with van der Waals surface area (Å²) in [5, 5.41) is 4.55. The molecular weight excluding hydrogens is 717 g/mol. The maximum atomic E-state index is 15.6. The molecule has 0 bridgehead atoms. The van der Waals surface area contributed by atoms with Crippen LogP contribution in [0.15, 0.2) is 58.4 Å². The molecule has 3 aromatic rings. The summed E-state index contributed by atoms with van der Waals surface area (Å²) in [7, 11) is -3.28. The van der Waals surface area contributed by atoms with E-state index in [0.29, 0.717) is 12.0 Å². The number of hydrogen-bond acceptors (Lipinski definition) is 10. The zero-order valence-electron chi connectivity index (χ0n) is 28.9. The summed E-state index contributed by atoms with van der Waals surface area (Å²) in [6.45, 7) is 1.89. The molecule has 1 saturated heterocycles. The highest BCUT2D eigenvalue weighted by molar-refractivity contribution is 7.98. The van der Waals surface area contributed by atoms with Gasteiger partial charge in [0, 0.05) is 35.0 Å². The lowest BCUT2D eigenvalue weighted by Crippen LogP contribution is -2.66. The second-order valence-corrected chi connectivity index (χ2v) is 16.0. The van der Waals surface area contributed by atoms with E-state index >= 15 is 4.39 Å². The summed E-state index contributed by atoms with van der Waals surface area (Å²) >= 11 is 1.37. The number of amides is 1. The summed E-state index contributed by atoms with van der Waals surface area (Å²) in [4.78, 5) is 43.6. The molecule has 52 heavy (non-hydrogen) atoms. The number of morpholine rings is 1. The van der Waals surface area contributed by atoms with Crippen LogP contribution in [0.2, 0.25) is 0 Å².